The minimum Gasteiger partial charge on any atom is -0.334 e. The molecule has 20 heavy (non-hydrogen) atoms. The Kier molecular flexibility index (Phi) is 4.36. The van der Waals surface area contributed by atoms with E-state index in [-0.39, 0.29) is 5.82 Å². The van der Waals surface area contributed by atoms with Gasteiger partial charge in [-0.15, -0.1) is 0 Å². The third kappa shape index (κ3) is 4.22. The molecule has 0 aliphatic rings. The molecule has 1 heterocycles. The first-order valence-electron chi connectivity index (χ1n) is 5.67. The fourth-order valence-electron chi connectivity index (χ4n) is 1.30. The number of rotatable bonds is 3. The van der Waals surface area contributed by atoms with Gasteiger partial charge in [0.15, 0.2) is 0 Å². The molecule has 0 saturated carbocycles. The molecule has 2 amide bonds. The van der Waals surface area contributed by atoms with Crippen molar-refractivity contribution in [1.82, 2.24) is 10.3 Å². The molecule has 0 unspecified atom stereocenters. The highest BCUT2D eigenvalue weighted by atomic mass is 19.4. The summed E-state index contributed by atoms with van der Waals surface area (Å²) in [6, 6.07) is 4.83. The van der Waals surface area contributed by atoms with Gasteiger partial charge in [-0.1, -0.05) is 6.07 Å². The molecule has 2 N–H and O–H groups in total. The van der Waals surface area contributed by atoms with Crippen LogP contribution in [0.15, 0.2) is 18.2 Å². The first kappa shape index (κ1) is 15.9. The Morgan fingerprint density at radius 2 is 1.75 bits per heavy atom. The van der Waals surface area contributed by atoms with E-state index in [0.29, 0.717) is 5.69 Å². The number of pyridine rings is 1. The van der Waals surface area contributed by atoms with Gasteiger partial charge in [0.05, 0.1) is 0 Å². The average molecular weight is 289 g/mol. The number of hydrogen-bond donors (Lipinski definition) is 2. The van der Waals surface area contributed by atoms with Crippen LogP contribution in [0, 0.1) is 6.92 Å². The Bertz CT molecular complexity index is 527. The molecule has 0 aliphatic heterocycles. The minimum atomic E-state index is -5.04. The molecule has 5 nitrogen and oxygen atoms in total. The number of anilines is 1. The molecule has 1 rings (SSSR count). The zero-order valence-electron chi connectivity index (χ0n) is 11.1. The Balaban J connectivity index is 2.77. The van der Waals surface area contributed by atoms with E-state index in [1.165, 1.54) is 19.9 Å². The lowest BCUT2D eigenvalue weighted by Crippen LogP contribution is -2.55. The summed E-state index contributed by atoms with van der Waals surface area (Å²) >= 11 is 0. The van der Waals surface area contributed by atoms with Crippen LogP contribution in [0.1, 0.15) is 19.5 Å². The number of nitrogens with zero attached hydrogens (tertiary/aromatic N) is 1. The highest BCUT2D eigenvalue weighted by Gasteiger charge is 2.43. The minimum absolute atomic E-state index is 0.198. The van der Waals surface area contributed by atoms with Crippen molar-refractivity contribution in [2.45, 2.75) is 32.5 Å². The van der Waals surface area contributed by atoms with Crippen LogP contribution in [0.2, 0.25) is 0 Å². The third-order valence-electron chi connectivity index (χ3n) is 2.38. The van der Waals surface area contributed by atoms with Gasteiger partial charge in [0.1, 0.15) is 11.4 Å². The van der Waals surface area contributed by atoms with Crippen molar-refractivity contribution in [2.24, 2.45) is 0 Å². The van der Waals surface area contributed by atoms with Crippen molar-refractivity contribution in [3.05, 3.63) is 23.9 Å². The maximum Gasteiger partial charge on any atom is 0.471 e. The van der Waals surface area contributed by atoms with E-state index in [1.807, 2.05) is 0 Å². The zero-order chi connectivity index (χ0) is 15.6. The highest BCUT2D eigenvalue weighted by Crippen LogP contribution is 2.17. The first-order valence-corrected chi connectivity index (χ1v) is 5.67. The molecule has 110 valence electrons. The molecule has 0 aromatic carbocycles. The third-order valence-corrected chi connectivity index (χ3v) is 2.38. The molecule has 1 aromatic rings. The smallest absolute Gasteiger partial charge is 0.334 e. The van der Waals surface area contributed by atoms with Crippen LogP contribution in [0.5, 0.6) is 0 Å². The molecule has 1 aromatic heterocycles. The van der Waals surface area contributed by atoms with Crippen molar-refractivity contribution in [2.75, 3.05) is 5.32 Å². The van der Waals surface area contributed by atoms with Gasteiger partial charge < -0.3 is 10.6 Å². The summed E-state index contributed by atoms with van der Waals surface area (Å²) in [7, 11) is 0. The van der Waals surface area contributed by atoms with E-state index < -0.39 is 23.5 Å². The summed E-state index contributed by atoms with van der Waals surface area (Å²) in [5.41, 5.74) is -1.09. The molecule has 0 aliphatic carbocycles. The van der Waals surface area contributed by atoms with Crippen LogP contribution in [0.25, 0.3) is 0 Å². The van der Waals surface area contributed by atoms with Crippen LogP contribution in [-0.2, 0) is 9.59 Å². The Morgan fingerprint density at radius 3 is 2.25 bits per heavy atom. The van der Waals surface area contributed by atoms with Gasteiger partial charge in [-0.2, -0.15) is 13.2 Å². The van der Waals surface area contributed by atoms with E-state index in [9.17, 15) is 22.8 Å². The molecule has 0 radical (unpaired) electrons. The number of alkyl halides is 3. The number of nitrogens with one attached hydrogen (secondary N) is 2. The van der Waals surface area contributed by atoms with Gasteiger partial charge in [-0.3, -0.25) is 9.59 Å². The standard InChI is InChI=1S/C12H14F3N3O2/c1-7-5-4-6-8(16-7)17-9(19)11(2,3)18-10(20)12(13,14)15/h4-6H,1-3H3,(H,18,20)(H,16,17,19). The molecule has 0 fully saturated rings. The molecular weight excluding hydrogens is 275 g/mol. The van der Waals surface area contributed by atoms with Crippen LogP contribution in [-0.4, -0.2) is 28.5 Å². The van der Waals surface area contributed by atoms with Crippen LogP contribution >= 0.6 is 0 Å². The van der Waals surface area contributed by atoms with E-state index in [1.54, 1.807) is 24.4 Å². The molecule has 0 atom stereocenters. The van der Waals surface area contributed by atoms with E-state index in [4.69, 9.17) is 0 Å². The molecule has 0 saturated heterocycles. The second-order valence-corrected chi connectivity index (χ2v) is 4.70. The fraction of sp³-hybridized carbons (Fsp3) is 0.417. The Morgan fingerprint density at radius 1 is 1.15 bits per heavy atom. The number of aromatic nitrogens is 1. The van der Waals surface area contributed by atoms with Crippen molar-refractivity contribution < 1.29 is 22.8 Å². The van der Waals surface area contributed by atoms with Crippen LogP contribution in [0.3, 0.4) is 0 Å². The molecule has 0 bridgehead atoms. The largest absolute Gasteiger partial charge is 0.471 e. The fourth-order valence-corrected chi connectivity index (χ4v) is 1.30. The summed E-state index contributed by atoms with van der Waals surface area (Å²) in [4.78, 5) is 26.7. The number of carbonyl (C=O) groups is 2. The molecule has 0 spiro atoms. The average Bonchev–Trinajstić information content (AvgIpc) is 2.26. The van der Waals surface area contributed by atoms with E-state index in [0.717, 1.165) is 0 Å². The lowest BCUT2D eigenvalue weighted by atomic mass is 10.0. The van der Waals surface area contributed by atoms with Gasteiger partial charge in [0.25, 0.3) is 5.91 Å². The SMILES string of the molecule is Cc1cccc(NC(=O)C(C)(C)NC(=O)C(F)(F)F)n1. The predicted molar refractivity (Wildman–Crippen MR) is 65.9 cm³/mol. The summed E-state index contributed by atoms with van der Waals surface area (Å²) in [5.74, 6) is -2.77. The quantitative estimate of drug-likeness (QED) is 0.891. The lowest BCUT2D eigenvalue weighted by Gasteiger charge is -2.25. The maximum atomic E-state index is 12.2. The highest BCUT2D eigenvalue weighted by molar-refractivity contribution is 6.00. The van der Waals surface area contributed by atoms with E-state index in [2.05, 4.69) is 10.3 Å². The summed E-state index contributed by atoms with van der Waals surface area (Å²) in [6.45, 7) is 4.04. The number of hydrogen-bond acceptors (Lipinski definition) is 3. The summed E-state index contributed by atoms with van der Waals surface area (Å²) in [5, 5.41) is 3.97. The summed E-state index contributed by atoms with van der Waals surface area (Å²) < 4.78 is 36.5. The van der Waals surface area contributed by atoms with Crippen LogP contribution in [0.4, 0.5) is 19.0 Å². The van der Waals surface area contributed by atoms with Crippen molar-refractivity contribution >= 4 is 17.6 Å². The number of carbonyl (C=O) groups excluding carboxylic acids is 2. The second kappa shape index (κ2) is 5.48. The Hall–Kier alpha value is -2.12. The topological polar surface area (TPSA) is 71.1 Å². The zero-order valence-corrected chi connectivity index (χ0v) is 11.1. The maximum absolute atomic E-state index is 12.2. The number of amides is 2. The lowest BCUT2D eigenvalue weighted by molar-refractivity contribution is -0.175. The molecular formula is C12H14F3N3O2. The monoisotopic (exact) mass is 289 g/mol. The van der Waals surface area contributed by atoms with Crippen molar-refractivity contribution in [3.8, 4) is 0 Å². The normalized spacial score (nSPS) is 11.9. The number of halogens is 3. The van der Waals surface area contributed by atoms with Gasteiger partial charge in [-0.05, 0) is 32.9 Å². The predicted octanol–water partition coefficient (Wildman–Crippen LogP) is 1.79. The Labute approximate surface area is 113 Å². The van der Waals surface area contributed by atoms with Crippen molar-refractivity contribution in [1.29, 1.82) is 0 Å². The van der Waals surface area contributed by atoms with E-state index >= 15 is 0 Å². The second-order valence-electron chi connectivity index (χ2n) is 4.70. The van der Waals surface area contributed by atoms with Gasteiger partial charge >= 0.3 is 12.1 Å². The van der Waals surface area contributed by atoms with Crippen molar-refractivity contribution in [3.63, 3.8) is 0 Å². The molecule has 8 heteroatoms. The number of aryl methyl sites for hydroxylation is 1. The van der Waals surface area contributed by atoms with Gasteiger partial charge in [0, 0.05) is 5.69 Å². The van der Waals surface area contributed by atoms with Crippen LogP contribution < -0.4 is 10.6 Å². The first-order chi connectivity index (χ1) is 9.02. The van der Waals surface area contributed by atoms with Gasteiger partial charge in [-0.25, -0.2) is 4.98 Å². The summed E-state index contributed by atoms with van der Waals surface area (Å²) in [6.07, 6.45) is -5.04. The van der Waals surface area contributed by atoms with Gasteiger partial charge in [0.2, 0.25) is 0 Å².